The fourth-order valence-electron chi connectivity index (χ4n) is 2.52. The van der Waals surface area contributed by atoms with Gasteiger partial charge in [0.25, 0.3) is 0 Å². The van der Waals surface area contributed by atoms with E-state index in [9.17, 15) is 0 Å². The maximum atomic E-state index is 3.11. The summed E-state index contributed by atoms with van der Waals surface area (Å²) in [6.45, 7) is 15.3. The van der Waals surface area contributed by atoms with E-state index in [0.717, 1.165) is 24.9 Å². The number of hydrogen-bond acceptors (Lipinski definition) is 1. The molecule has 0 saturated heterocycles. The van der Waals surface area contributed by atoms with Gasteiger partial charge in [0.15, 0.2) is 0 Å². The van der Waals surface area contributed by atoms with Crippen molar-refractivity contribution in [3.63, 3.8) is 0 Å². The van der Waals surface area contributed by atoms with Crippen molar-refractivity contribution >= 4 is 0 Å². The Kier molecular flexibility index (Phi) is 10.9. The van der Waals surface area contributed by atoms with Gasteiger partial charge >= 0.3 is 0 Å². The maximum Gasteiger partial charge on any atom is -0.00775 e. The highest BCUT2D eigenvalue weighted by atomic mass is 14.8. The third-order valence-corrected chi connectivity index (χ3v) is 3.49. The van der Waals surface area contributed by atoms with Crippen molar-refractivity contribution in [2.24, 2.45) is 11.8 Å². The molecule has 0 aromatic rings. The van der Waals surface area contributed by atoms with Crippen LogP contribution in [0.5, 0.6) is 0 Å². The molecule has 0 bridgehead atoms. The first-order valence-corrected chi connectivity index (χ1v) is 8.21. The summed E-state index contributed by atoms with van der Waals surface area (Å²) in [5, 5.41) is 3.11. The minimum Gasteiger partial charge on any atom is -0.317 e. The largest absolute Gasteiger partial charge is 0.317 e. The topological polar surface area (TPSA) is 12.0 Å². The van der Waals surface area contributed by atoms with Gasteiger partial charge in [-0.15, -0.1) is 0 Å². The highest BCUT2D eigenvalue weighted by Gasteiger charge is 2.22. The molecule has 0 saturated carbocycles. The number of rotatable bonds is 2. The Labute approximate surface area is 121 Å². The fraction of sp³-hybridized carbons (Fsp3) is 0.778. The Bertz CT molecular complexity index is 273. The van der Waals surface area contributed by atoms with E-state index >= 15 is 0 Å². The van der Waals surface area contributed by atoms with Crippen LogP contribution >= 0.6 is 0 Å². The average molecular weight is 265 g/mol. The maximum absolute atomic E-state index is 3.11. The van der Waals surface area contributed by atoms with E-state index < -0.39 is 0 Å². The zero-order valence-corrected chi connectivity index (χ0v) is 14.1. The lowest BCUT2D eigenvalue weighted by atomic mass is 9.90. The lowest BCUT2D eigenvalue weighted by Crippen LogP contribution is -2.09. The molecule has 19 heavy (non-hydrogen) atoms. The van der Waals surface area contributed by atoms with Crippen molar-refractivity contribution < 1.29 is 0 Å². The standard InChI is InChI=1S/C11H16.C4H11N.C3H8/c1-8-3-6-11-9(2)4-5-10(11)7-8;1-3-5-4-2;1-3-2/h3,6,8-9H,4-5,7H2,1-2H3;5H,3-4H2,1-2H3;3H2,1-2H3/t8?,9-;;/m0../s1. The molecular formula is C18H35N. The molecule has 0 fully saturated rings. The van der Waals surface area contributed by atoms with Crippen LogP contribution in [-0.2, 0) is 0 Å². The highest BCUT2D eigenvalue weighted by Crippen LogP contribution is 2.38. The summed E-state index contributed by atoms with van der Waals surface area (Å²) in [5.74, 6) is 1.63. The smallest absolute Gasteiger partial charge is 0.00775 e. The molecule has 1 heteroatoms. The van der Waals surface area contributed by atoms with E-state index in [1.165, 1.54) is 25.7 Å². The molecule has 112 valence electrons. The summed E-state index contributed by atoms with van der Waals surface area (Å²) < 4.78 is 0. The monoisotopic (exact) mass is 265 g/mol. The second kappa shape index (κ2) is 11.3. The van der Waals surface area contributed by atoms with Gasteiger partial charge in [-0.05, 0) is 49.8 Å². The van der Waals surface area contributed by atoms with Crippen molar-refractivity contribution in [1.82, 2.24) is 5.32 Å². The summed E-state index contributed by atoms with van der Waals surface area (Å²) in [6, 6.07) is 0. The predicted molar refractivity (Wildman–Crippen MR) is 88.5 cm³/mol. The second-order valence-corrected chi connectivity index (χ2v) is 5.70. The molecule has 1 nitrogen and oxygen atoms in total. The van der Waals surface area contributed by atoms with E-state index in [2.05, 4.69) is 59.0 Å². The average Bonchev–Trinajstić information content (AvgIpc) is 2.73. The van der Waals surface area contributed by atoms with Gasteiger partial charge in [0.2, 0.25) is 0 Å². The van der Waals surface area contributed by atoms with Gasteiger partial charge in [-0.1, -0.05) is 65.7 Å². The molecule has 0 radical (unpaired) electrons. The molecule has 1 N–H and O–H groups in total. The Morgan fingerprint density at radius 3 is 2.16 bits per heavy atom. The molecule has 0 spiro atoms. The Hall–Kier alpha value is -0.560. The van der Waals surface area contributed by atoms with E-state index in [-0.39, 0.29) is 0 Å². The van der Waals surface area contributed by atoms with Crippen LogP contribution in [0, 0.1) is 11.8 Å². The molecular weight excluding hydrogens is 230 g/mol. The van der Waals surface area contributed by atoms with Gasteiger partial charge in [0.05, 0.1) is 0 Å². The van der Waals surface area contributed by atoms with Crippen molar-refractivity contribution in [1.29, 1.82) is 0 Å². The van der Waals surface area contributed by atoms with Crippen LogP contribution in [0.4, 0.5) is 0 Å². The summed E-state index contributed by atoms with van der Waals surface area (Å²) in [6.07, 6.45) is 10.1. The number of hydrogen-bond donors (Lipinski definition) is 1. The lowest BCUT2D eigenvalue weighted by molar-refractivity contribution is 0.674. The third kappa shape index (κ3) is 7.57. The van der Waals surface area contributed by atoms with E-state index in [4.69, 9.17) is 0 Å². The van der Waals surface area contributed by atoms with Crippen LogP contribution in [0.25, 0.3) is 0 Å². The summed E-state index contributed by atoms with van der Waals surface area (Å²) in [5.41, 5.74) is 3.40. The number of allylic oxidation sites excluding steroid dienone is 4. The lowest BCUT2D eigenvalue weighted by Gasteiger charge is -2.15. The first-order valence-electron chi connectivity index (χ1n) is 8.21. The molecule has 0 aromatic carbocycles. The summed E-state index contributed by atoms with van der Waals surface area (Å²) in [4.78, 5) is 0. The summed E-state index contributed by atoms with van der Waals surface area (Å²) in [7, 11) is 0. The number of nitrogens with one attached hydrogen (secondary N) is 1. The molecule has 2 aliphatic rings. The van der Waals surface area contributed by atoms with Crippen molar-refractivity contribution in [2.45, 2.75) is 67.2 Å². The van der Waals surface area contributed by atoms with Crippen LogP contribution in [0.1, 0.15) is 67.2 Å². The van der Waals surface area contributed by atoms with Crippen LogP contribution in [-0.4, -0.2) is 13.1 Å². The Morgan fingerprint density at radius 2 is 1.68 bits per heavy atom. The molecule has 0 heterocycles. The van der Waals surface area contributed by atoms with Crippen LogP contribution in [0.15, 0.2) is 23.3 Å². The van der Waals surface area contributed by atoms with E-state index in [1.807, 2.05) is 0 Å². The predicted octanol–water partition coefficient (Wildman–Crippen LogP) is 5.34. The third-order valence-electron chi connectivity index (χ3n) is 3.49. The van der Waals surface area contributed by atoms with E-state index in [1.54, 1.807) is 11.1 Å². The van der Waals surface area contributed by atoms with Gasteiger partial charge in [0.1, 0.15) is 0 Å². The van der Waals surface area contributed by atoms with E-state index in [0.29, 0.717) is 0 Å². The van der Waals surface area contributed by atoms with Crippen molar-refractivity contribution in [2.75, 3.05) is 13.1 Å². The van der Waals surface area contributed by atoms with Crippen molar-refractivity contribution in [3.05, 3.63) is 23.3 Å². The van der Waals surface area contributed by atoms with Crippen LogP contribution < -0.4 is 5.32 Å². The molecule has 0 aliphatic heterocycles. The summed E-state index contributed by atoms with van der Waals surface area (Å²) >= 11 is 0. The van der Waals surface area contributed by atoms with Gasteiger partial charge in [0, 0.05) is 0 Å². The zero-order valence-electron chi connectivity index (χ0n) is 14.1. The van der Waals surface area contributed by atoms with Gasteiger partial charge in [-0.2, -0.15) is 0 Å². The van der Waals surface area contributed by atoms with Crippen molar-refractivity contribution in [3.8, 4) is 0 Å². The minimum absolute atomic E-state index is 0.791. The fourth-order valence-corrected chi connectivity index (χ4v) is 2.52. The second-order valence-electron chi connectivity index (χ2n) is 5.70. The van der Waals surface area contributed by atoms with Crippen LogP contribution in [0.2, 0.25) is 0 Å². The normalized spacial score (nSPS) is 24.1. The highest BCUT2D eigenvalue weighted by molar-refractivity contribution is 5.35. The minimum atomic E-state index is 0.791. The zero-order chi connectivity index (χ0) is 14.7. The molecule has 2 atom stereocenters. The molecule has 2 aliphatic carbocycles. The molecule has 0 amide bonds. The van der Waals surface area contributed by atoms with Gasteiger partial charge < -0.3 is 5.32 Å². The Morgan fingerprint density at radius 1 is 1.11 bits per heavy atom. The SMILES string of the molecule is CC1C=CC2=C(CC[C@@H]2C)C1.CCC.CCNCC. The first kappa shape index (κ1) is 18.4. The van der Waals surface area contributed by atoms with Gasteiger partial charge in [-0.25, -0.2) is 0 Å². The van der Waals surface area contributed by atoms with Crippen LogP contribution in [0.3, 0.4) is 0 Å². The molecule has 1 unspecified atom stereocenters. The quantitative estimate of drug-likeness (QED) is 0.710. The molecule has 2 rings (SSSR count). The Balaban J connectivity index is 0.000000344. The molecule has 0 aromatic heterocycles. The van der Waals surface area contributed by atoms with Gasteiger partial charge in [-0.3, -0.25) is 0 Å². The first-order chi connectivity index (χ1) is 9.10.